The molecule has 0 fully saturated rings. The van der Waals surface area contributed by atoms with Crippen molar-refractivity contribution in [2.24, 2.45) is 5.92 Å². The van der Waals surface area contributed by atoms with Gasteiger partial charge in [-0.25, -0.2) is 0 Å². The molecule has 0 radical (unpaired) electrons. The van der Waals surface area contributed by atoms with E-state index >= 15 is 0 Å². The molecular formula is C15H31N. The van der Waals surface area contributed by atoms with Crippen LogP contribution in [0.4, 0.5) is 0 Å². The molecule has 0 aromatic rings. The highest BCUT2D eigenvalue weighted by molar-refractivity contribution is 5.13. The molecule has 0 saturated heterocycles. The van der Waals surface area contributed by atoms with E-state index in [1.54, 1.807) is 5.57 Å². The smallest absolute Gasteiger partial charge is 0.0141 e. The minimum Gasteiger partial charge on any atom is -0.388 e. The van der Waals surface area contributed by atoms with Gasteiger partial charge in [-0.05, 0) is 31.6 Å². The molecule has 0 amide bonds. The summed E-state index contributed by atoms with van der Waals surface area (Å²) in [5.41, 5.74) is 3.19. The molecule has 1 N–H and O–H groups in total. The first-order valence-electron chi connectivity index (χ1n) is 7.14. The largest absolute Gasteiger partial charge is 0.388 e. The van der Waals surface area contributed by atoms with Gasteiger partial charge in [0.15, 0.2) is 0 Å². The van der Waals surface area contributed by atoms with Gasteiger partial charge >= 0.3 is 0 Å². The summed E-state index contributed by atoms with van der Waals surface area (Å²) in [4.78, 5) is 0. The molecule has 0 aliphatic rings. The Morgan fingerprint density at radius 1 is 1.06 bits per heavy atom. The predicted octanol–water partition coefficient (Wildman–Crippen LogP) is 4.89. The quantitative estimate of drug-likeness (QED) is 0.589. The van der Waals surface area contributed by atoms with E-state index in [-0.39, 0.29) is 0 Å². The zero-order valence-corrected chi connectivity index (χ0v) is 12.0. The normalized spacial score (nSPS) is 14.6. The molecular weight excluding hydrogens is 194 g/mol. The molecule has 1 nitrogen and oxygen atoms in total. The Hall–Kier alpha value is -0.460. The van der Waals surface area contributed by atoms with Crippen molar-refractivity contribution in [3.8, 4) is 0 Å². The third-order valence-electron chi connectivity index (χ3n) is 3.23. The average Bonchev–Trinajstić information content (AvgIpc) is 2.31. The van der Waals surface area contributed by atoms with Crippen LogP contribution in [0.5, 0.6) is 0 Å². The second-order valence-electron chi connectivity index (χ2n) is 4.83. The SMILES string of the molecule is CCCN/C(CCC)=C(\CC)CC(C)CC. The number of rotatable bonds is 9. The Labute approximate surface area is 103 Å². The summed E-state index contributed by atoms with van der Waals surface area (Å²) in [5.74, 6) is 0.824. The van der Waals surface area contributed by atoms with Gasteiger partial charge in [0.05, 0.1) is 0 Å². The van der Waals surface area contributed by atoms with Crippen molar-refractivity contribution in [2.75, 3.05) is 6.54 Å². The summed E-state index contributed by atoms with van der Waals surface area (Å²) in [6, 6.07) is 0. The van der Waals surface area contributed by atoms with Crippen LogP contribution >= 0.6 is 0 Å². The van der Waals surface area contributed by atoms with Crippen molar-refractivity contribution in [3.05, 3.63) is 11.3 Å². The zero-order valence-electron chi connectivity index (χ0n) is 12.0. The lowest BCUT2D eigenvalue weighted by atomic mass is 9.94. The van der Waals surface area contributed by atoms with Gasteiger partial charge in [-0.15, -0.1) is 0 Å². The van der Waals surface area contributed by atoms with Gasteiger partial charge in [-0.2, -0.15) is 0 Å². The lowest BCUT2D eigenvalue weighted by Gasteiger charge is -2.18. The van der Waals surface area contributed by atoms with Crippen molar-refractivity contribution in [3.63, 3.8) is 0 Å². The van der Waals surface area contributed by atoms with Crippen molar-refractivity contribution >= 4 is 0 Å². The van der Waals surface area contributed by atoms with E-state index in [9.17, 15) is 0 Å². The molecule has 0 aliphatic carbocycles. The van der Waals surface area contributed by atoms with Gasteiger partial charge in [0.2, 0.25) is 0 Å². The lowest BCUT2D eigenvalue weighted by Crippen LogP contribution is -2.17. The molecule has 0 aliphatic heterocycles. The van der Waals surface area contributed by atoms with Crippen molar-refractivity contribution in [1.82, 2.24) is 5.32 Å². The molecule has 0 spiro atoms. The van der Waals surface area contributed by atoms with Gasteiger partial charge in [0.1, 0.15) is 0 Å². The maximum atomic E-state index is 3.63. The van der Waals surface area contributed by atoms with E-state index < -0.39 is 0 Å². The van der Waals surface area contributed by atoms with Gasteiger partial charge in [-0.3, -0.25) is 0 Å². The Kier molecular flexibility index (Phi) is 9.46. The molecule has 1 heteroatoms. The highest BCUT2D eigenvalue weighted by Gasteiger charge is 2.08. The standard InChI is InChI=1S/C15H31N/c1-6-10-15(16-11-7-2)14(9-4)12-13(5)8-3/h13,16H,6-12H2,1-5H3/b15-14+. The maximum absolute atomic E-state index is 3.63. The van der Waals surface area contributed by atoms with Gasteiger partial charge in [0, 0.05) is 12.2 Å². The van der Waals surface area contributed by atoms with Crippen molar-refractivity contribution in [2.45, 2.75) is 73.1 Å². The fraction of sp³-hybridized carbons (Fsp3) is 0.867. The third kappa shape index (κ3) is 6.19. The highest BCUT2D eigenvalue weighted by atomic mass is 14.9. The summed E-state index contributed by atoms with van der Waals surface area (Å²) in [5, 5.41) is 3.63. The lowest BCUT2D eigenvalue weighted by molar-refractivity contribution is 0.539. The molecule has 1 atom stereocenters. The molecule has 0 heterocycles. The van der Waals surface area contributed by atoms with E-state index in [0.717, 1.165) is 12.5 Å². The maximum Gasteiger partial charge on any atom is 0.0141 e. The minimum absolute atomic E-state index is 0.824. The van der Waals surface area contributed by atoms with Crippen LogP contribution < -0.4 is 5.32 Å². The Morgan fingerprint density at radius 3 is 2.19 bits per heavy atom. The van der Waals surface area contributed by atoms with Crippen molar-refractivity contribution in [1.29, 1.82) is 0 Å². The van der Waals surface area contributed by atoms with Crippen LogP contribution in [-0.2, 0) is 0 Å². The first-order valence-corrected chi connectivity index (χ1v) is 7.14. The van der Waals surface area contributed by atoms with E-state index in [4.69, 9.17) is 0 Å². The van der Waals surface area contributed by atoms with Gasteiger partial charge < -0.3 is 5.32 Å². The van der Waals surface area contributed by atoms with E-state index in [0.29, 0.717) is 0 Å². The van der Waals surface area contributed by atoms with Crippen molar-refractivity contribution < 1.29 is 0 Å². The predicted molar refractivity (Wildman–Crippen MR) is 74.6 cm³/mol. The highest BCUT2D eigenvalue weighted by Crippen LogP contribution is 2.21. The summed E-state index contributed by atoms with van der Waals surface area (Å²) in [7, 11) is 0. The van der Waals surface area contributed by atoms with Crippen LogP contribution in [0.3, 0.4) is 0 Å². The van der Waals surface area contributed by atoms with Crippen LogP contribution in [0.25, 0.3) is 0 Å². The minimum atomic E-state index is 0.824. The molecule has 96 valence electrons. The number of nitrogens with one attached hydrogen (secondary N) is 1. The Balaban J connectivity index is 4.55. The van der Waals surface area contributed by atoms with Crippen LogP contribution in [0.2, 0.25) is 0 Å². The third-order valence-corrected chi connectivity index (χ3v) is 3.23. The fourth-order valence-corrected chi connectivity index (χ4v) is 1.96. The molecule has 1 unspecified atom stereocenters. The van der Waals surface area contributed by atoms with E-state index in [1.165, 1.54) is 44.2 Å². The van der Waals surface area contributed by atoms with Gasteiger partial charge in [-0.1, -0.05) is 53.0 Å². The van der Waals surface area contributed by atoms with Crippen LogP contribution in [-0.4, -0.2) is 6.54 Å². The number of allylic oxidation sites excluding steroid dienone is 2. The van der Waals surface area contributed by atoms with Crippen LogP contribution in [0.15, 0.2) is 11.3 Å². The fourth-order valence-electron chi connectivity index (χ4n) is 1.96. The summed E-state index contributed by atoms with van der Waals surface area (Å²) in [6.45, 7) is 12.6. The molecule has 0 rings (SSSR count). The number of hydrogen-bond acceptors (Lipinski definition) is 1. The zero-order chi connectivity index (χ0) is 12.4. The summed E-state index contributed by atoms with van der Waals surface area (Å²) < 4.78 is 0. The Morgan fingerprint density at radius 2 is 1.75 bits per heavy atom. The second kappa shape index (κ2) is 9.74. The van der Waals surface area contributed by atoms with E-state index in [2.05, 4.69) is 39.9 Å². The molecule has 0 aromatic heterocycles. The molecule has 0 aromatic carbocycles. The monoisotopic (exact) mass is 225 g/mol. The first kappa shape index (κ1) is 15.5. The topological polar surface area (TPSA) is 12.0 Å². The Bertz CT molecular complexity index is 194. The average molecular weight is 225 g/mol. The van der Waals surface area contributed by atoms with Crippen LogP contribution in [0, 0.1) is 5.92 Å². The second-order valence-corrected chi connectivity index (χ2v) is 4.83. The van der Waals surface area contributed by atoms with E-state index in [1.807, 2.05) is 0 Å². The molecule has 0 bridgehead atoms. The number of hydrogen-bond donors (Lipinski definition) is 1. The molecule has 0 saturated carbocycles. The first-order chi connectivity index (χ1) is 7.69. The summed E-state index contributed by atoms with van der Waals surface area (Å²) in [6.07, 6.45) is 7.45. The summed E-state index contributed by atoms with van der Waals surface area (Å²) >= 11 is 0. The van der Waals surface area contributed by atoms with Gasteiger partial charge in [0.25, 0.3) is 0 Å². The molecule has 16 heavy (non-hydrogen) atoms. The van der Waals surface area contributed by atoms with Crippen LogP contribution in [0.1, 0.15) is 73.1 Å².